The van der Waals surface area contributed by atoms with E-state index in [1.165, 1.54) is 0 Å². The molecule has 0 aliphatic rings. The number of anilines is 2. The van der Waals surface area contributed by atoms with Crippen LogP contribution in [0.2, 0.25) is 0 Å². The summed E-state index contributed by atoms with van der Waals surface area (Å²) in [5.41, 5.74) is 1.08. The minimum absolute atomic E-state index is 0.127. The van der Waals surface area contributed by atoms with Crippen LogP contribution in [0.25, 0.3) is 0 Å². The highest BCUT2D eigenvalue weighted by Gasteiger charge is 2.36. The summed E-state index contributed by atoms with van der Waals surface area (Å²) in [5, 5.41) is 2.84. The molecule has 0 atom stereocenters. The van der Waals surface area contributed by atoms with E-state index in [2.05, 4.69) is 15.3 Å². The van der Waals surface area contributed by atoms with Gasteiger partial charge in [-0.25, -0.2) is 4.98 Å². The molecule has 29 heavy (non-hydrogen) atoms. The van der Waals surface area contributed by atoms with Crippen molar-refractivity contribution in [2.75, 3.05) is 5.32 Å². The van der Waals surface area contributed by atoms with Crippen LogP contribution in [0.15, 0.2) is 60.8 Å². The van der Waals surface area contributed by atoms with Crippen molar-refractivity contribution in [2.24, 2.45) is 0 Å². The summed E-state index contributed by atoms with van der Waals surface area (Å²) >= 11 is 0. The van der Waals surface area contributed by atoms with Gasteiger partial charge in [0.05, 0.1) is 0 Å². The van der Waals surface area contributed by atoms with Crippen LogP contribution in [0.4, 0.5) is 24.7 Å². The zero-order chi connectivity index (χ0) is 21.1. The van der Waals surface area contributed by atoms with Gasteiger partial charge in [0.15, 0.2) is 0 Å². The number of rotatable bonds is 5. The molecule has 3 rings (SSSR count). The summed E-state index contributed by atoms with van der Waals surface area (Å²) in [4.78, 5) is 7.75. The largest absolute Gasteiger partial charge is 0.459 e. The van der Waals surface area contributed by atoms with E-state index in [-0.39, 0.29) is 23.9 Å². The Labute approximate surface area is 167 Å². The third-order valence-electron chi connectivity index (χ3n) is 4.27. The molecule has 4 nitrogen and oxygen atoms in total. The Hall–Kier alpha value is -3.09. The van der Waals surface area contributed by atoms with Crippen molar-refractivity contribution in [1.82, 2.24) is 9.97 Å². The fourth-order valence-corrected chi connectivity index (χ4v) is 2.83. The minimum atomic E-state index is -4.60. The second kappa shape index (κ2) is 8.11. The van der Waals surface area contributed by atoms with Crippen LogP contribution in [0.5, 0.6) is 6.01 Å². The fourth-order valence-electron chi connectivity index (χ4n) is 2.83. The van der Waals surface area contributed by atoms with E-state index in [0.717, 1.165) is 17.3 Å². The van der Waals surface area contributed by atoms with Gasteiger partial charge in [0, 0.05) is 11.9 Å². The van der Waals surface area contributed by atoms with Crippen molar-refractivity contribution in [3.8, 4) is 6.01 Å². The summed E-state index contributed by atoms with van der Waals surface area (Å²) in [6.07, 6.45) is -3.85. The van der Waals surface area contributed by atoms with Crippen molar-refractivity contribution >= 4 is 11.5 Å². The lowest BCUT2D eigenvalue weighted by molar-refractivity contribution is -0.137. The second-order valence-corrected chi connectivity index (χ2v) is 7.61. The molecule has 0 aliphatic carbocycles. The summed E-state index contributed by atoms with van der Waals surface area (Å²) in [6, 6.07) is 16.4. The van der Waals surface area contributed by atoms with Gasteiger partial charge in [0.1, 0.15) is 18.0 Å². The number of nitrogens with zero attached hydrogens (tertiary/aromatic N) is 2. The molecule has 1 N–H and O–H groups in total. The van der Waals surface area contributed by atoms with Gasteiger partial charge in [-0.1, -0.05) is 69.3 Å². The smallest absolute Gasteiger partial charge is 0.421 e. The first-order valence-electron chi connectivity index (χ1n) is 9.12. The lowest BCUT2D eigenvalue weighted by atomic mass is 9.86. The van der Waals surface area contributed by atoms with E-state index in [4.69, 9.17) is 4.74 Å². The van der Waals surface area contributed by atoms with Crippen LogP contribution in [0.3, 0.4) is 0 Å². The molecule has 0 unspecified atom stereocenters. The van der Waals surface area contributed by atoms with Crippen molar-refractivity contribution in [3.05, 3.63) is 77.5 Å². The van der Waals surface area contributed by atoms with Gasteiger partial charge in [-0.15, -0.1) is 0 Å². The van der Waals surface area contributed by atoms with Crippen LogP contribution in [-0.4, -0.2) is 9.97 Å². The maximum atomic E-state index is 13.5. The van der Waals surface area contributed by atoms with Gasteiger partial charge >= 0.3 is 12.2 Å². The summed E-state index contributed by atoms with van der Waals surface area (Å²) in [6.45, 7) is 6.13. The van der Waals surface area contributed by atoms with E-state index in [9.17, 15) is 13.2 Å². The quantitative estimate of drug-likeness (QED) is 0.560. The minimum Gasteiger partial charge on any atom is -0.459 e. The molecule has 0 aliphatic heterocycles. The van der Waals surface area contributed by atoms with Gasteiger partial charge in [-0.05, 0) is 22.6 Å². The zero-order valence-electron chi connectivity index (χ0n) is 16.4. The number of para-hydroxylation sites is 1. The molecular weight excluding hydrogens is 379 g/mol. The number of hydrogen-bond acceptors (Lipinski definition) is 4. The molecule has 1 aromatic heterocycles. The van der Waals surface area contributed by atoms with Gasteiger partial charge in [0.25, 0.3) is 0 Å². The lowest BCUT2D eigenvalue weighted by Crippen LogP contribution is -2.16. The molecule has 0 amide bonds. The van der Waals surface area contributed by atoms with Gasteiger partial charge in [-0.2, -0.15) is 18.2 Å². The van der Waals surface area contributed by atoms with Gasteiger partial charge < -0.3 is 10.1 Å². The zero-order valence-corrected chi connectivity index (χ0v) is 16.4. The number of halogens is 3. The Balaban J connectivity index is 1.94. The average molecular weight is 401 g/mol. The fraction of sp³-hybridized carbons (Fsp3) is 0.273. The Kier molecular flexibility index (Phi) is 5.77. The molecule has 3 aromatic rings. The molecule has 7 heteroatoms. The highest BCUT2D eigenvalue weighted by Crippen LogP contribution is 2.37. The van der Waals surface area contributed by atoms with E-state index in [1.54, 1.807) is 12.1 Å². The molecule has 0 radical (unpaired) electrons. The lowest BCUT2D eigenvalue weighted by Gasteiger charge is -2.24. The molecule has 0 saturated heterocycles. The first-order chi connectivity index (χ1) is 13.6. The average Bonchev–Trinajstić information content (AvgIpc) is 2.66. The topological polar surface area (TPSA) is 47.0 Å². The normalized spacial score (nSPS) is 11.9. The van der Waals surface area contributed by atoms with Crippen LogP contribution >= 0.6 is 0 Å². The Morgan fingerprint density at radius 2 is 1.55 bits per heavy atom. The molecule has 0 saturated carbocycles. The highest BCUT2D eigenvalue weighted by molar-refractivity contribution is 5.64. The molecule has 0 spiro atoms. The standard InChI is InChI=1S/C22H22F3N3O/c1-21(2,3)16-11-7-8-12-18(16)27-19-17(22(23,24)25)13-26-20(28-19)29-14-15-9-5-4-6-10-15/h4-13H,14H2,1-3H3,(H,26,27,28). The Morgan fingerprint density at radius 3 is 2.21 bits per heavy atom. The van der Waals surface area contributed by atoms with Crippen LogP contribution in [0.1, 0.15) is 37.5 Å². The maximum Gasteiger partial charge on any atom is 0.421 e. The summed E-state index contributed by atoms with van der Waals surface area (Å²) in [7, 11) is 0. The number of alkyl halides is 3. The third kappa shape index (κ3) is 5.25. The van der Waals surface area contributed by atoms with E-state index >= 15 is 0 Å². The van der Waals surface area contributed by atoms with Crippen LogP contribution in [0, 0.1) is 0 Å². The van der Waals surface area contributed by atoms with E-state index in [1.807, 2.05) is 63.2 Å². The number of ether oxygens (including phenoxy) is 1. The van der Waals surface area contributed by atoms with E-state index < -0.39 is 11.7 Å². The molecule has 2 aromatic carbocycles. The number of nitrogens with one attached hydrogen (secondary N) is 1. The molecule has 0 bridgehead atoms. The van der Waals surface area contributed by atoms with Gasteiger partial charge in [-0.3, -0.25) is 0 Å². The van der Waals surface area contributed by atoms with Crippen molar-refractivity contribution in [3.63, 3.8) is 0 Å². The molecule has 0 fully saturated rings. The first kappa shape index (κ1) is 20.6. The van der Waals surface area contributed by atoms with Crippen LogP contribution < -0.4 is 10.1 Å². The Morgan fingerprint density at radius 1 is 0.897 bits per heavy atom. The van der Waals surface area contributed by atoms with Crippen molar-refractivity contribution in [2.45, 2.75) is 39.0 Å². The number of benzene rings is 2. The molecule has 1 heterocycles. The maximum absolute atomic E-state index is 13.5. The van der Waals surface area contributed by atoms with Crippen LogP contribution in [-0.2, 0) is 18.2 Å². The molecular formula is C22H22F3N3O. The second-order valence-electron chi connectivity index (χ2n) is 7.61. The first-order valence-corrected chi connectivity index (χ1v) is 9.12. The predicted octanol–water partition coefficient (Wildman–Crippen LogP) is 6.12. The number of hydrogen-bond donors (Lipinski definition) is 1. The monoisotopic (exact) mass is 401 g/mol. The third-order valence-corrected chi connectivity index (χ3v) is 4.27. The highest BCUT2D eigenvalue weighted by atomic mass is 19.4. The molecule has 152 valence electrons. The van der Waals surface area contributed by atoms with Gasteiger partial charge in [0.2, 0.25) is 0 Å². The van der Waals surface area contributed by atoms with Crippen molar-refractivity contribution in [1.29, 1.82) is 0 Å². The van der Waals surface area contributed by atoms with E-state index in [0.29, 0.717) is 5.69 Å². The van der Waals surface area contributed by atoms with Crippen molar-refractivity contribution < 1.29 is 17.9 Å². The summed E-state index contributed by atoms with van der Waals surface area (Å²) < 4.78 is 46.0. The Bertz CT molecular complexity index is 967. The SMILES string of the molecule is CC(C)(C)c1ccccc1Nc1nc(OCc2ccccc2)ncc1C(F)(F)F. The predicted molar refractivity (Wildman–Crippen MR) is 106 cm³/mol. The number of aromatic nitrogens is 2. The summed E-state index contributed by atoms with van der Waals surface area (Å²) in [5.74, 6) is -0.340.